The van der Waals surface area contributed by atoms with Crippen molar-refractivity contribution in [3.63, 3.8) is 0 Å². The molecular formula is C47H79O14P. The highest BCUT2D eigenvalue weighted by Gasteiger charge is 2.51. The number of aliphatic hydroxyl groups is 5. The van der Waals surface area contributed by atoms with Gasteiger partial charge in [-0.1, -0.05) is 152 Å². The number of phosphoric acid groups is 1. The number of aliphatic hydroxyl groups excluding tert-OH is 5. The third-order valence-electron chi connectivity index (χ3n) is 10.8. The maximum Gasteiger partial charge on any atom is 0.472 e. The molecule has 15 heteroatoms. The summed E-state index contributed by atoms with van der Waals surface area (Å²) < 4.78 is 39.1. The fourth-order valence-corrected chi connectivity index (χ4v) is 7.91. The van der Waals surface area contributed by atoms with Crippen LogP contribution in [0.2, 0.25) is 0 Å². The lowest BCUT2D eigenvalue weighted by Gasteiger charge is -2.41. The largest absolute Gasteiger partial charge is 0.472 e. The van der Waals surface area contributed by atoms with Gasteiger partial charge in [-0.15, -0.1) is 0 Å². The van der Waals surface area contributed by atoms with Gasteiger partial charge in [-0.3, -0.25) is 18.6 Å². The quantitative estimate of drug-likeness (QED) is 0.0116. The topological polar surface area (TPSA) is 222 Å². The van der Waals surface area contributed by atoms with Crippen LogP contribution in [0, 0.1) is 0 Å². The summed E-state index contributed by atoms with van der Waals surface area (Å²) in [5.74, 6) is -1.20. The Balaban J connectivity index is 1.73. The number of hydrogen-bond acceptors (Lipinski definition) is 13. The van der Waals surface area contributed by atoms with Gasteiger partial charge in [0, 0.05) is 12.8 Å². The van der Waals surface area contributed by atoms with Crippen LogP contribution < -0.4 is 0 Å². The lowest BCUT2D eigenvalue weighted by atomic mass is 9.85. The van der Waals surface area contributed by atoms with Gasteiger partial charge in [-0.25, -0.2) is 4.57 Å². The van der Waals surface area contributed by atoms with E-state index in [1.165, 1.54) is 57.8 Å². The van der Waals surface area contributed by atoms with Crippen LogP contribution in [-0.2, 0) is 37.4 Å². The molecule has 0 aromatic rings. The number of rotatable bonds is 36. The fourth-order valence-electron chi connectivity index (χ4n) is 6.94. The molecule has 2 fully saturated rings. The predicted octanol–water partition coefficient (Wildman–Crippen LogP) is 7.93. The minimum atomic E-state index is -5.14. The second-order valence-electron chi connectivity index (χ2n) is 16.3. The summed E-state index contributed by atoms with van der Waals surface area (Å²) >= 11 is 0. The van der Waals surface area contributed by atoms with Crippen LogP contribution >= 0.6 is 7.82 Å². The molecule has 1 saturated carbocycles. The molecule has 1 aliphatic heterocycles. The van der Waals surface area contributed by atoms with E-state index in [9.17, 15) is 44.6 Å². The molecule has 356 valence electrons. The van der Waals surface area contributed by atoms with E-state index in [4.69, 9.17) is 23.3 Å². The van der Waals surface area contributed by atoms with Gasteiger partial charge in [0.1, 0.15) is 43.2 Å². The van der Waals surface area contributed by atoms with Crippen LogP contribution in [0.15, 0.2) is 60.8 Å². The minimum absolute atomic E-state index is 0.0326. The lowest BCUT2D eigenvalue weighted by molar-refractivity contribution is -0.220. The van der Waals surface area contributed by atoms with Gasteiger partial charge in [0.25, 0.3) is 0 Å². The summed E-state index contributed by atoms with van der Waals surface area (Å²) in [4.78, 5) is 35.7. The van der Waals surface area contributed by atoms with E-state index in [-0.39, 0.29) is 12.8 Å². The summed E-state index contributed by atoms with van der Waals surface area (Å²) in [6, 6.07) is 0. The Morgan fingerprint density at radius 2 is 1.05 bits per heavy atom. The Kier molecular flexibility index (Phi) is 30.5. The van der Waals surface area contributed by atoms with Gasteiger partial charge in [0.2, 0.25) is 0 Å². The van der Waals surface area contributed by atoms with Crippen molar-refractivity contribution in [1.82, 2.24) is 0 Å². The van der Waals surface area contributed by atoms with Gasteiger partial charge in [0.15, 0.2) is 6.10 Å². The number of carbonyl (C=O) groups is 2. The number of esters is 2. The molecule has 1 heterocycles. The molecule has 6 N–H and O–H groups in total. The first kappa shape index (κ1) is 55.6. The van der Waals surface area contributed by atoms with E-state index < -0.39 is 75.7 Å². The smallest absolute Gasteiger partial charge is 0.462 e. The highest BCUT2D eigenvalue weighted by atomic mass is 31.2. The number of phosphoric ester groups is 1. The van der Waals surface area contributed by atoms with E-state index in [0.29, 0.717) is 31.5 Å². The summed E-state index contributed by atoms with van der Waals surface area (Å²) in [7, 11) is -5.14. The molecule has 0 radical (unpaired) electrons. The first-order chi connectivity index (χ1) is 29.9. The normalized spacial score (nSPS) is 25.7. The Morgan fingerprint density at radius 3 is 1.58 bits per heavy atom. The number of carbonyl (C=O) groups excluding carboxylic acids is 2. The second-order valence-corrected chi connectivity index (χ2v) is 17.7. The first-order valence-electron chi connectivity index (χ1n) is 23.2. The monoisotopic (exact) mass is 899 g/mol. The lowest BCUT2D eigenvalue weighted by Crippen LogP contribution is -2.64. The standard InChI is InChI=1S/C47H79O14P/c1-3-5-7-8-9-10-11-12-16-19-22-25-29-33-40(48)57-35-37(36-58-62(55,56)61-47-45(53)43(51)42(50)44(52)46(47)54)59-41(49)34-30-26-23-20-17-14-13-15-18-21-24-28-32-39-38(60-39)31-27-6-4-2/h6,14-15,17-18,23-24,26-28,37-39,42-47,50-54H,3-5,7-13,16,19-22,25,29-36H2,1-2H3,(H,55,56). The zero-order valence-electron chi connectivity index (χ0n) is 37.3. The molecule has 0 amide bonds. The van der Waals surface area contributed by atoms with Gasteiger partial charge in [0.05, 0.1) is 18.8 Å². The van der Waals surface area contributed by atoms with Gasteiger partial charge < -0.3 is 44.6 Å². The molecule has 2 rings (SSSR count). The number of epoxide rings is 1. The van der Waals surface area contributed by atoms with E-state index in [2.05, 4.69) is 56.4 Å². The number of hydrogen-bond donors (Lipinski definition) is 6. The summed E-state index contributed by atoms with van der Waals surface area (Å²) in [5, 5.41) is 50.1. The molecule has 0 bridgehead atoms. The van der Waals surface area contributed by atoms with Crippen molar-refractivity contribution >= 4 is 19.8 Å². The second kappa shape index (κ2) is 33.9. The number of unbranched alkanes of at least 4 members (excludes halogenated alkanes) is 12. The van der Waals surface area contributed by atoms with Gasteiger partial charge >= 0.3 is 19.8 Å². The average molecular weight is 899 g/mol. The molecule has 8 atom stereocenters. The van der Waals surface area contributed by atoms with Crippen LogP contribution in [0.3, 0.4) is 0 Å². The molecule has 0 aromatic carbocycles. The molecule has 1 saturated heterocycles. The molecule has 1 aliphatic carbocycles. The molecule has 62 heavy (non-hydrogen) atoms. The maximum atomic E-state index is 12.8. The van der Waals surface area contributed by atoms with Crippen molar-refractivity contribution in [3.8, 4) is 0 Å². The van der Waals surface area contributed by atoms with Crippen molar-refractivity contribution in [2.45, 2.75) is 210 Å². The van der Waals surface area contributed by atoms with Crippen molar-refractivity contribution in [2.24, 2.45) is 0 Å². The van der Waals surface area contributed by atoms with E-state index in [0.717, 1.165) is 51.4 Å². The van der Waals surface area contributed by atoms with Gasteiger partial charge in [-0.05, 0) is 51.4 Å². The molecular weight excluding hydrogens is 819 g/mol. The SMILES string of the molecule is CCC=CCC1OC1CC=CCC=CCC=CCC=CCCC(=O)OC(COC(=O)CCCCCCCCCCCCCCC)COP(=O)(O)OC1C(O)C(O)C(O)C(O)C1O. The minimum Gasteiger partial charge on any atom is -0.462 e. The molecule has 0 aromatic heterocycles. The van der Waals surface area contributed by atoms with Crippen LogP contribution in [-0.4, -0.2) is 111 Å². The third-order valence-corrected chi connectivity index (χ3v) is 11.8. The van der Waals surface area contributed by atoms with E-state index >= 15 is 0 Å². The van der Waals surface area contributed by atoms with Crippen molar-refractivity contribution < 1.29 is 67.8 Å². The first-order valence-corrected chi connectivity index (χ1v) is 24.7. The highest BCUT2D eigenvalue weighted by molar-refractivity contribution is 7.47. The zero-order chi connectivity index (χ0) is 45.4. The van der Waals surface area contributed by atoms with E-state index in [1.807, 2.05) is 18.2 Å². The maximum absolute atomic E-state index is 12.8. The summed E-state index contributed by atoms with van der Waals surface area (Å²) in [6.07, 6.45) is 29.0. The molecule has 14 nitrogen and oxygen atoms in total. The summed E-state index contributed by atoms with van der Waals surface area (Å²) in [6.45, 7) is 3.11. The van der Waals surface area contributed by atoms with Crippen molar-refractivity contribution in [3.05, 3.63) is 60.8 Å². The van der Waals surface area contributed by atoms with Crippen LogP contribution in [0.1, 0.15) is 155 Å². The van der Waals surface area contributed by atoms with Crippen molar-refractivity contribution in [1.29, 1.82) is 0 Å². The fraction of sp³-hybridized carbons (Fsp3) is 0.745. The highest BCUT2D eigenvalue weighted by Crippen LogP contribution is 2.47. The molecule has 2 aliphatic rings. The molecule has 0 spiro atoms. The number of allylic oxidation sites excluding steroid dienone is 8. The molecule has 8 unspecified atom stereocenters. The third kappa shape index (κ3) is 25.7. The average Bonchev–Trinajstić information content (AvgIpc) is 4.01. The van der Waals surface area contributed by atoms with Crippen LogP contribution in [0.5, 0.6) is 0 Å². The van der Waals surface area contributed by atoms with Gasteiger partial charge in [-0.2, -0.15) is 0 Å². The van der Waals surface area contributed by atoms with Crippen LogP contribution in [0.25, 0.3) is 0 Å². The van der Waals surface area contributed by atoms with Crippen molar-refractivity contribution in [2.75, 3.05) is 13.2 Å². The Labute approximate surface area is 370 Å². The van der Waals surface area contributed by atoms with Crippen LogP contribution in [0.4, 0.5) is 0 Å². The Morgan fingerprint density at radius 1 is 0.581 bits per heavy atom. The number of ether oxygens (including phenoxy) is 3. The Hall–Kier alpha value is -2.49. The zero-order valence-corrected chi connectivity index (χ0v) is 38.2. The predicted molar refractivity (Wildman–Crippen MR) is 239 cm³/mol. The Bertz CT molecular complexity index is 1380. The summed E-state index contributed by atoms with van der Waals surface area (Å²) in [5.41, 5.74) is 0. The van der Waals surface area contributed by atoms with E-state index in [1.54, 1.807) is 0 Å².